The van der Waals surface area contributed by atoms with Gasteiger partial charge in [0.05, 0.1) is 20.3 Å². The molecule has 0 N–H and O–H groups in total. The fraction of sp³-hybridized carbons (Fsp3) is 0.389. The highest BCUT2D eigenvalue weighted by atomic mass is 16.5. The van der Waals surface area contributed by atoms with Crippen LogP contribution in [0, 0.1) is 0 Å². The number of methoxy groups -OCH3 is 1. The Labute approximate surface area is 151 Å². The number of benzene rings is 1. The van der Waals surface area contributed by atoms with Gasteiger partial charge >= 0.3 is 6.03 Å². The molecule has 0 radical (unpaired) electrons. The van der Waals surface area contributed by atoms with Crippen LogP contribution in [0.15, 0.2) is 23.8 Å². The van der Waals surface area contributed by atoms with Crippen LogP contribution < -0.4 is 9.64 Å². The van der Waals surface area contributed by atoms with E-state index in [0.717, 1.165) is 28.6 Å². The Kier molecular flexibility index (Phi) is 4.94. The molecule has 138 valence electrons. The molecule has 4 amide bonds. The topological polar surface area (TPSA) is 79.4 Å². The maximum Gasteiger partial charge on any atom is 0.333 e. The molecule has 26 heavy (non-hydrogen) atoms. The number of anilines is 1. The largest absolute Gasteiger partial charge is 0.496 e. The summed E-state index contributed by atoms with van der Waals surface area (Å²) in [6, 6.07) is 4.94. The van der Waals surface area contributed by atoms with Gasteiger partial charge in [0.25, 0.3) is 11.8 Å². The van der Waals surface area contributed by atoms with Crippen LogP contribution in [0.3, 0.4) is 0 Å². The second-order valence-corrected chi connectivity index (χ2v) is 6.09. The molecule has 2 heterocycles. The van der Waals surface area contributed by atoms with Crippen molar-refractivity contribution in [3.8, 4) is 5.75 Å². The number of rotatable bonds is 3. The highest BCUT2D eigenvalue weighted by molar-refractivity contribution is 6.30. The smallest absolute Gasteiger partial charge is 0.333 e. The van der Waals surface area contributed by atoms with Crippen molar-refractivity contribution in [2.45, 2.75) is 0 Å². The van der Waals surface area contributed by atoms with E-state index < -0.39 is 17.8 Å². The molecule has 0 atom stereocenters. The molecule has 1 aromatic rings. The van der Waals surface area contributed by atoms with Crippen molar-refractivity contribution in [1.82, 2.24) is 9.80 Å². The summed E-state index contributed by atoms with van der Waals surface area (Å²) in [5.41, 5.74) is 1.50. The van der Waals surface area contributed by atoms with E-state index in [2.05, 4.69) is 4.90 Å². The number of carbonyl (C=O) groups excluding carboxylic acids is 3. The minimum Gasteiger partial charge on any atom is -0.496 e. The van der Waals surface area contributed by atoms with Crippen LogP contribution in [-0.2, 0) is 14.3 Å². The third-order valence-corrected chi connectivity index (χ3v) is 4.54. The zero-order chi connectivity index (χ0) is 18.8. The highest BCUT2D eigenvalue weighted by Crippen LogP contribution is 2.29. The van der Waals surface area contributed by atoms with Gasteiger partial charge in [-0.15, -0.1) is 0 Å². The van der Waals surface area contributed by atoms with Gasteiger partial charge in [-0.25, -0.2) is 4.79 Å². The Morgan fingerprint density at radius 1 is 1.04 bits per heavy atom. The van der Waals surface area contributed by atoms with Gasteiger partial charge in [0, 0.05) is 44.5 Å². The summed E-state index contributed by atoms with van der Waals surface area (Å²) in [7, 11) is 4.23. The Morgan fingerprint density at radius 2 is 1.65 bits per heavy atom. The molecule has 2 aliphatic heterocycles. The van der Waals surface area contributed by atoms with Crippen LogP contribution >= 0.6 is 0 Å². The summed E-state index contributed by atoms with van der Waals surface area (Å²) in [6.07, 6.45) is 1.46. The predicted molar refractivity (Wildman–Crippen MR) is 94.9 cm³/mol. The number of likely N-dealkylation sites (N-methyl/N-ethyl adjacent to an activating group) is 2. The summed E-state index contributed by atoms with van der Waals surface area (Å²) >= 11 is 0. The Balaban J connectivity index is 1.95. The summed E-state index contributed by atoms with van der Waals surface area (Å²) < 4.78 is 10.8. The molecule has 2 aliphatic rings. The summed E-state index contributed by atoms with van der Waals surface area (Å²) in [4.78, 5) is 40.5. The molecule has 0 bridgehead atoms. The second kappa shape index (κ2) is 7.17. The molecule has 8 heteroatoms. The van der Waals surface area contributed by atoms with E-state index in [-0.39, 0.29) is 5.57 Å². The molecule has 3 rings (SSSR count). The predicted octanol–water partition coefficient (Wildman–Crippen LogP) is 0.966. The van der Waals surface area contributed by atoms with Crippen molar-refractivity contribution in [3.05, 3.63) is 29.3 Å². The standard InChI is InChI=1S/C18H21N3O5/c1-19-16(22)14(17(23)20(2)18(19)24)10-12-4-5-13(11-15(12)25-3)21-6-8-26-9-7-21/h4-5,10-11H,6-9H2,1-3H3. The Bertz CT molecular complexity index is 757. The first kappa shape index (κ1) is 17.9. The lowest BCUT2D eigenvalue weighted by Crippen LogP contribution is -2.52. The number of carbonyl (C=O) groups is 3. The molecular weight excluding hydrogens is 338 g/mol. The lowest BCUT2D eigenvalue weighted by molar-refractivity contribution is -0.134. The first-order valence-corrected chi connectivity index (χ1v) is 8.26. The van der Waals surface area contributed by atoms with Gasteiger partial charge in [-0.3, -0.25) is 19.4 Å². The molecule has 2 saturated heterocycles. The van der Waals surface area contributed by atoms with E-state index in [1.165, 1.54) is 27.3 Å². The van der Waals surface area contributed by atoms with Gasteiger partial charge in [0.2, 0.25) is 0 Å². The zero-order valence-electron chi connectivity index (χ0n) is 15.0. The maximum atomic E-state index is 12.3. The average Bonchev–Trinajstić information content (AvgIpc) is 2.69. The lowest BCUT2D eigenvalue weighted by Gasteiger charge is -2.30. The van der Waals surface area contributed by atoms with Crippen LogP contribution in [0.2, 0.25) is 0 Å². The molecule has 0 aliphatic carbocycles. The minimum absolute atomic E-state index is 0.0768. The van der Waals surface area contributed by atoms with Crippen LogP contribution in [0.5, 0.6) is 5.75 Å². The van der Waals surface area contributed by atoms with Gasteiger partial charge < -0.3 is 14.4 Å². The van der Waals surface area contributed by atoms with Crippen LogP contribution in [0.25, 0.3) is 6.08 Å². The van der Waals surface area contributed by atoms with E-state index in [9.17, 15) is 14.4 Å². The molecule has 0 spiro atoms. The molecule has 2 fully saturated rings. The third kappa shape index (κ3) is 3.15. The Hall–Kier alpha value is -2.87. The number of hydrogen-bond acceptors (Lipinski definition) is 6. The lowest BCUT2D eigenvalue weighted by atomic mass is 10.1. The second-order valence-electron chi connectivity index (χ2n) is 6.09. The fourth-order valence-corrected chi connectivity index (χ4v) is 2.97. The number of ether oxygens (including phenoxy) is 2. The summed E-state index contributed by atoms with van der Waals surface area (Å²) in [5, 5.41) is 0. The first-order chi connectivity index (χ1) is 12.4. The molecule has 1 aromatic carbocycles. The first-order valence-electron chi connectivity index (χ1n) is 8.26. The van der Waals surface area contributed by atoms with Crippen LogP contribution in [0.4, 0.5) is 10.5 Å². The molecular formula is C18H21N3O5. The zero-order valence-corrected chi connectivity index (χ0v) is 15.0. The quantitative estimate of drug-likeness (QED) is 0.591. The average molecular weight is 359 g/mol. The van der Waals surface area contributed by atoms with E-state index >= 15 is 0 Å². The van der Waals surface area contributed by atoms with E-state index in [1.807, 2.05) is 12.1 Å². The number of morpholine rings is 1. The van der Waals surface area contributed by atoms with E-state index in [0.29, 0.717) is 24.5 Å². The number of urea groups is 1. The number of nitrogens with zero attached hydrogens (tertiary/aromatic N) is 3. The van der Waals surface area contributed by atoms with E-state index in [1.54, 1.807) is 6.07 Å². The highest BCUT2D eigenvalue weighted by Gasteiger charge is 2.37. The van der Waals surface area contributed by atoms with Crippen LogP contribution in [0.1, 0.15) is 5.56 Å². The number of imide groups is 2. The van der Waals surface area contributed by atoms with Gasteiger partial charge in [0.15, 0.2) is 0 Å². The maximum absolute atomic E-state index is 12.3. The van der Waals surface area contributed by atoms with Gasteiger partial charge in [-0.2, -0.15) is 0 Å². The third-order valence-electron chi connectivity index (χ3n) is 4.54. The van der Waals surface area contributed by atoms with Crippen molar-refractivity contribution in [1.29, 1.82) is 0 Å². The molecule has 0 aromatic heterocycles. The van der Waals surface area contributed by atoms with Crippen molar-refractivity contribution in [3.63, 3.8) is 0 Å². The van der Waals surface area contributed by atoms with Crippen LogP contribution in [-0.4, -0.2) is 75.2 Å². The van der Waals surface area contributed by atoms with E-state index in [4.69, 9.17) is 9.47 Å². The molecule has 8 nitrogen and oxygen atoms in total. The number of hydrogen-bond donors (Lipinski definition) is 0. The summed E-state index contributed by atoms with van der Waals surface area (Å²) in [5.74, 6) is -0.709. The normalized spacial score (nSPS) is 18.5. The molecule has 0 unspecified atom stereocenters. The van der Waals surface area contributed by atoms with Gasteiger partial charge in [-0.05, 0) is 18.2 Å². The van der Waals surface area contributed by atoms with Gasteiger partial charge in [0.1, 0.15) is 11.3 Å². The van der Waals surface area contributed by atoms with Crippen molar-refractivity contribution >= 4 is 29.6 Å². The Morgan fingerprint density at radius 3 is 2.23 bits per heavy atom. The van der Waals surface area contributed by atoms with Gasteiger partial charge in [-0.1, -0.05) is 0 Å². The SMILES string of the molecule is COc1cc(N2CCOCC2)ccc1C=C1C(=O)N(C)C(=O)N(C)C1=O. The number of amides is 4. The van der Waals surface area contributed by atoms with Crippen molar-refractivity contribution in [2.75, 3.05) is 52.4 Å². The monoisotopic (exact) mass is 359 g/mol. The number of barbiturate groups is 1. The van der Waals surface area contributed by atoms with Crippen molar-refractivity contribution in [2.24, 2.45) is 0 Å². The fourth-order valence-electron chi connectivity index (χ4n) is 2.97. The summed E-state index contributed by atoms with van der Waals surface area (Å²) in [6.45, 7) is 2.92. The minimum atomic E-state index is -0.646. The molecule has 0 saturated carbocycles. The van der Waals surface area contributed by atoms with Crippen molar-refractivity contribution < 1.29 is 23.9 Å².